The van der Waals surface area contributed by atoms with E-state index in [9.17, 15) is 9.59 Å². The Bertz CT molecular complexity index is 690. The molecule has 1 heterocycles. The van der Waals surface area contributed by atoms with Crippen molar-refractivity contribution >= 4 is 11.9 Å². The van der Waals surface area contributed by atoms with E-state index in [4.69, 9.17) is 5.11 Å². The Morgan fingerprint density at radius 3 is 2.64 bits per heavy atom. The SMILES string of the molecule is O=C(NCC1(C(=O)O)CC1)c1cnn(Cc2ccccc2)c1. The third kappa shape index (κ3) is 3.00. The zero-order valence-electron chi connectivity index (χ0n) is 12.0. The van der Waals surface area contributed by atoms with Crippen LogP contribution in [0.3, 0.4) is 0 Å². The van der Waals surface area contributed by atoms with Gasteiger partial charge in [-0.2, -0.15) is 5.10 Å². The number of benzene rings is 1. The fraction of sp³-hybridized carbons (Fsp3) is 0.312. The topological polar surface area (TPSA) is 84.2 Å². The Balaban J connectivity index is 1.59. The molecule has 2 N–H and O–H groups in total. The molecule has 114 valence electrons. The molecule has 0 saturated heterocycles. The van der Waals surface area contributed by atoms with Crippen LogP contribution in [0.4, 0.5) is 0 Å². The Morgan fingerprint density at radius 2 is 2.00 bits per heavy atom. The fourth-order valence-electron chi connectivity index (χ4n) is 2.31. The molecular weight excluding hydrogens is 282 g/mol. The van der Waals surface area contributed by atoms with Crippen molar-refractivity contribution in [3.63, 3.8) is 0 Å². The van der Waals surface area contributed by atoms with Crippen LogP contribution in [-0.2, 0) is 11.3 Å². The van der Waals surface area contributed by atoms with Gasteiger partial charge in [-0.25, -0.2) is 0 Å². The van der Waals surface area contributed by atoms with Crippen molar-refractivity contribution in [1.29, 1.82) is 0 Å². The molecular formula is C16H17N3O3. The van der Waals surface area contributed by atoms with E-state index >= 15 is 0 Å². The van der Waals surface area contributed by atoms with Crippen molar-refractivity contribution in [2.24, 2.45) is 5.41 Å². The summed E-state index contributed by atoms with van der Waals surface area (Å²) >= 11 is 0. The molecule has 0 atom stereocenters. The van der Waals surface area contributed by atoms with E-state index in [2.05, 4.69) is 10.4 Å². The fourth-order valence-corrected chi connectivity index (χ4v) is 2.31. The normalized spacial score (nSPS) is 15.3. The highest BCUT2D eigenvalue weighted by atomic mass is 16.4. The van der Waals surface area contributed by atoms with Gasteiger partial charge in [0.1, 0.15) is 0 Å². The van der Waals surface area contributed by atoms with Gasteiger partial charge in [0.05, 0.1) is 23.7 Å². The van der Waals surface area contributed by atoms with Crippen LogP contribution in [0.1, 0.15) is 28.8 Å². The summed E-state index contributed by atoms with van der Waals surface area (Å²) in [5.74, 6) is -1.13. The van der Waals surface area contributed by atoms with E-state index in [1.165, 1.54) is 6.20 Å². The maximum atomic E-state index is 12.1. The Hall–Kier alpha value is -2.63. The van der Waals surface area contributed by atoms with E-state index in [0.29, 0.717) is 24.9 Å². The van der Waals surface area contributed by atoms with Gasteiger partial charge < -0.3 is 10.4 Å². The Kier molecular flexibility index (Phi) is 3.66. The Labute approximate surface area is 127 Å². The molecule has 1 fully saturated rings. The van der Waals surface area contributed by atoms with Crippen molar-refractivity contribution in [2.75, 3.05) is 6.54 Å². The number of nitrogens with one attached hydrogen (secondary N) is 1. The molecule has 0 aliphatic heterocycles. The van der Waals surface area contributed by atoms with Gasteiger partial charge in [-0.1, -0.05) is 30.3 Å². The molecule has 22 heavy (non-hydrogen) atoms. The van der Waals surface area contributed by atoms with Crippen molar-refractivity contribution < 1.29 is 14.7 Å². The zero-order valence-corrected chi connectivity index (χ0v) is 12.0. The van der Waals surface area contributed by atoms with Crippen LogP contribution in [0, 0.1) is 5.41 Å². The molecule has 6 heteroatoms. The van der Waals surface area contributed by atoms with Crippen LogP contribution in [0.2, 0.25) is 0 Å². The first kappa shape index (κ1) is 14.3. The average Bonchev–Trinajstić information content (AvgIpc) is 3.18. The van der Waals surface area contributed by atoms with Crippen LogP contribution in [0.5, 0.6) is 0 Å². The molecule has 1 amide bonds. The van der Waals surface area contributed by atoms with Gasteiger partial charge in [0.15, 0.2) is 0 Å². The van der Waals surface area contributed by atoms with Gasteiger partial charge in [-0.15, -0.1) is 0 Å². The number of carbonyl (C=O) groups is 2. The summed E-state index contributed by atoms with van der Waals surface area (Å²) in [5, 5.41) is 15.9. The first-order chi connectivity index (χ1) is 10.6. The number of hydrogen-bond donors (Lipinski definition) is 2. The smallest absolute Gasteiger partial charge is 0.311 e. The van der Waals surface area contributed by atoms with E-state index in [1.54, 1.807) is 10.9 Å². The minimum Gasteiger partial charge on any atom is -0.481 e. The molecule has 0 spiro atoms. The van der Waals surface area contributed by atoms with Gasteiger partial charge in [-0.3, -0.25) is 14.3 Å². The minimum absolute atomic E-state index is 0.172. The average molecular weight is 299 g/mol. The molecule has 1 aromatic heterocycles. The number of carboxylic acids is 1. The lowest BCUT2D eigenvalue weighted by Crippen LogP contribution is -2.34. The summed E-state index contributed by atoms with van der Waals surface area (Å²) in [6.07, 6.45) is 4.41. The number of carbonyl (C=O) groups excluding carboxylic acids is 1. The maximum absolute atomic E-state index is 12.1. The molecule has 3 rings (SSSR count). The molecule has 1 aliphatic carbocycles. The molecule has 6 nitrogen and oxygen atoms in total. The predicted molar refractivity (Wildman–Crippen MR) is 79.4 cm³/mol. The van der Waals surface area contributed by atoms with Gasteiger partial charge in [0.2, 0.25) is 0 Å². The van der Waals surface area contributed by atoms with Gasteiger partial charge in [0.25, 0.3) is 5.91 Å². The highest BCUT2D eigenvalue weighted by Gasteiger charge is 2.50. The zero-order chi connectivity index (χ0) is 15.6. The molecule has 1 saturated carbocycles. The first-order valence-electron chi connectivity index (χ1n) is 7.17. The van der Waals surface area contributed by atoms with Gasteiger partial charge >= 0.3 is 5.97 Å². The van der Waals surface area contributed by atoms with Crippen molar-refractivity contribution in [3.8, 4) is 0 Å². The van der Waals surface area contributed by atoms with Crippen molar-refractivity contribution in [3.05, 3.63) is 53.9 Å². The highest BCUT2D eigenvalue weighted by molar-refractivity contribution is 5.94. The third-order valence-electron chi connectivity index (χ3n) is 3.98. The minimum atomic E-state index is -0.840. The van der Waals surface area contributed by atoms with E-state index in [-0.39, 0.29) is 12.5 Å². The summed E-state index contributed by atoms with van der Waals surface area (Å²) in [6, 6.07) is 9.83. The lowest BCUT2D eigenvalue weighted by Gasteiger charge is -2.10. The number of carboxylic acid groups (broad SMARTS) is 1. The standard InChI is InChI=1S/C16H17N3O3/c20-14(17-11-16(6-7-16)15(21)22)13-8-18-19(10-13)9-12-4-2-1-3-5-12/h1-5,8,10H,6-7,9,11H2,(H,17,20)(H,21,22). The van der Waals surface area contributed by atoms with Crippen LogP contribution < -0.4 is 5.32 Å². The monoisotopic (exact) mass is 299 g/mol. The van der Waals surface area contributed by atoms with Crippen molar-refractivity contribution in [2.45, 2.75) is 19.4 Å². The number of nitrogens with zero attached hydrogens (tertiary/aromatic N) is 2. The number of hydrogen-bond acceptors (Lipinski definition) is 3. The molecule has 0 bridgehead atoms. The predicted octanol–water partition coefficient (Wildman–Crippen LogP) is 1.53. The van der Waals surface area contributed by atoms with E-state index in [1.807, 2.05) is 30.3 Å². The summed E-state index contributed by atoms with van der Waals surface area (Å²) in [7, 11) is 0. The molecule has 1 aromatic carbocycles. The highest BCUT2D eigenvalue weighted by Crippen LogP contribution is 2.45. The largest absolute Gasteiger partial charge is 0.481 e. The van der Waals surface area contributed by atoms with Crippen LogP contribution in [-0.4, -0.2) is 33.3 Å². The van der Waals surface area contributed by atoms with Gasteiger partial charge in [0, 0.05) is 12.7 Å². The second-order valence-corrected chi connectivity index (χ2v) is 5.68. The van der Waals surface area contributed by atoms with Gasteiger partial charge in [-0.05, 0) is 18.4 Å². The lowest BCUT2D eigenvalue weighted by molar-refractivity contribution is -0.143. The summed E-state index contributed by atoms with van der Waals surface area (Å²) < 4.78 is 1.69. The van der Waals surface area contributed by atoms with Crippen LogP contribution in [0.15, 0.2) is 42.7 Å². The maximum Gasteiger partial charge on any atom is 0.311 e. The number of rotatable bonds is 6. The molecule has 2 aromatic rings. The van der Waals surface area contributed by atoms with E-state index in [0.717, 1.165) is 5.56 Å². The second-order valence-electron chi connectivity index (χ2n) is 5.68. The summed E-state index contributed by atoms with van der Waals surface area (Å²) in [5.41, 5.74) is 0.785. The second kappa shape index (κ2) is 5.63. The molecule has 1 aliphatic rings. The summed E-state index contributed by atoms with van der Waals surface area (Å²) in [4.78, 5) is 23.1. The van der Waals surface area contributed by atoms with Crippen LogP contribution in [0.25, 0.3) is 0 Å². The Morgan fingerprint density at radius 1 is 1.27 bits per heavy atom. The van der Waals surface area contributed by atoms with Crippen molar-refractivity contribution in [1.82, 2.24) is 15.1 Å². The molecule has 0 unspecified atom stereocenters. The van der Waals surface area contributed by atoms with E-state index < -0.39 is 11.4 Å². The number of amides is 1. The number of aromatic nitrogens is 2. The quantitative estimate of drug-likeness (QED) is 0.847. The number of aliphatic carboxylic acids is 1. The molecule has 0 radical (unpaired) electrons. The lowest BCUT2D eigenvalue weighted by atomic mass is 10.1. The third-order valence-corrected chi connectivity index (χ3v) is 3.98. The summed E-state index contributed by atoms with van der Waals surface area (Å²) in [6.45, 7) is 0.762. The van der Waals surface area contributed by atoms with Crippen LogP contribution >= 0.6 is 0 Å². The first-order valence-corrected chi connectivity index (χ1v) is 7.17.